The lowest BCUT2D eigenvalue weighted by Crippen LogP contribution is -2.16. The first-order chi connectivity index (χ1) is 8.49. The van der Waals surface area contributed by atoms with Gasteiger partial charge < -0.3 is 10.4 Å². The highest BCUT2D eigenvalue weighted by Gasteiger charge is 2.35. The molecule has 0 saturated carbocycles. The van der Waals surface area contributed by atoms with Gasteiger partial charge in [-0.25, -0.2) is 20.8 Å². The molecule has 0 aliphatic carbocycles. The first-order valence-electron chi connectivity index (χ1n) is 4.59. The number of anilines is 1. The number of alkyl halides is 3. The second-order valence-corrected chi connectivity index (χ2v) is 4.06. The minimum Gasteiger partial charge on any atom is -0.339 e. The summed E-state index contributed by atoms with van der Waals surface area (Å²) in [6.45, 7) is 0. The molecule has 0 aliphatic heterocycles. The lowest BCUT2D eigenvalue weighted by Gasteiger charge is -2.08. The van der Waals surface area contributed by atoms with Crippen LogP contribution >= 0.6 is 11.8 Å². The smallest absolute Gasteiger partial charge is 0.339 e. The number of nitrogens with two attached hydrogens (primary N) is 1. The van der Waals surface area contributed by atoms with Gasteiger partial charge in [0.25, 0.3) is 0 Å². The van der Waals surface area contributed by atoms with Crippen LogP contribution in [0.2, 0.25) is 0 Å². The van der Waals surface area contributed by atoms with Gasteiger partial charge in [0.1, 0.15) is 10.8 Å². The summed E-state index contributed by atoms with van der Waals surface area (Å²) in [7, 11) is 0. The van der Waals surface area contributed by atoms with E-state index < -0.39 is 12.0 Å². The fraction of sp³-hybridized carbons (Fsp3) is 0.125. The molecular weight excluding hydrogens is 269 g/mol. The van der Waals surface area contributed by atoms with E-state index in [9.17, 15) is 13.2 Å². The number of hydrogen-bond donors (Lipinski definition) is 3. The molecule has 0 amide bonds. The Bertz CT molecular complexity index is 526. The molecule has 2 heterocycles. The van der Waals surface area contributed by atoms with Gasteiger partial charge in [-0.15, -0.1) is 0 Å². The molecule has 0 aliphatic rings. The third-order valence-corrected chi connectivity index (χ3v) is 2.61. The Labute approximate surface area is 103 Å². The number of imidazole rings is 1. The molecule has 0 radical (unpaired) electrons. The van der Waals surface area contributed by atoms with Crippen molar-refractivity contribution < 1.29 is 13.2 Å². The van der Waals surface area contributed by atoms with Crippen LogP contribution in [0.15, 0.2) is 28.6 Å². The predicted molar refractivity (Wildman–Crippen MR) is 57.6 cm³/mol. The van der Waals surface area contributed by atoms with Gasteiger partial charge in [-0.1, -0.05) is 0 Å². The molecule has 0 unspecified atom stereocenters. The zero-order valence-electron chi connectivity index (χ0n) is 8.69. The fourth-order valence-corrected chi connectivity index (χ4v) is 1.82. The molecule has 4 N–H and O–H groups in total. The van der Waals surface area contributed by atoms with Crippen LogP contribution in [-0.2, 0) is 6.18 Å². The number of H-pyrrole nitrogens is 1. The average molecular weight is 276 g/mol. The van der Waals surface area contributed by atoms with Crippen LogP contribution < -0.4 is 11.3 Å². The number of aromatic nitrogens is 4. The van der Waals surface area contributed by atoms with Crippen molar-refractivity contribution in [3.63, 3.8) is 0 Å². The average Bonchev–Trinajstić information content (AvgIpc) is 2.80. The van der Waals surface area contributed by atoms with Crippen molar-refractivity contribution in [1.82, 2.24) is 19.9 Å². The molecule has 10 heteroatoms. The van der Waals surface area contributed by atoms with Gasteiger partial charge in [0, 0.05) is 18.5 Å². The van der Waals surface area contributed by atoms with E-state index in [0.717, 1.165) is 11.8 Å². The zero-order chi connectivity index (χ0) is 13.2. The molecule has 18 heavy (non-hydrogen) atoms. The topological polar surface area (TPSA) is 92.5 Å². The number of halogens is 3. The van der Waals surface area contributed by atoms with E-state index in [1.54, 1.807) is 6.20 Å². The van der Waals surface area contributed by atoms with Crippen molar-refractivity contribution in [2.24, 2.45) is 5.84 Å². The van der Waals surface area contributed by atoms with E-state index in [1.165, 1.54) is 12.3 Å². The first kappa shape index (κ1) is 12.6. The summed E-state index contributed by atoms with van der Waals surface area (Å²) in [6, 6.07) is 1.29. The molecule has 0 bridgehead atoms. The molecular formula is C8H7F3N6S. The summed E-state index contributed by atoms with van der Waals surface area (Å²) in [5, 5.41) is 0.505. The second-order valence-electron chi connectivity index (χ2n) is 3.05. The molecule has 96 valence electrons. The van der Waals surface area contributed by atoms with Gasteiger partial charge in [-0.05, 0) is 11.8 Å². The summed E-state index contributed by atoms with van der Waals surface area (Å²) in [5.74, 6) is 3.69. The monoisotopic (exact) mass is 276 g/mol. The summed E-state index contributed by atoms with van der Waals surface area (Å²) in [4.78, 5) is 13.2. The van der Waals surface area contributed by atoms with Crippen molar-refractivity contribution in [3.05, 3.63) is 24.3 Å². The third-order valence-electron chi connectivity index (χ3n) is 1.78. The Morgan fingerprint density at radius 2 is 2.11 bits per heavy atom. The van der Waals surface area contributed by atoms with Crippen LogP contribution in [0.5, 0.6) is 0 Å². The summed E-state index contributed by atoms with van der Waals surface area (Å²) < 4.78 is 37.6. The maximum absolute atomic E-state index is 12.5. The molecule has 0 aromatic carbocycles. The van der Waals surface area contributed by atoms with Crippen molar-refractivity contribution in [3.8, 4) is 0 Å². The molecule has 2 aromatic heterocycles. The van der Waals surface area contributed by atoms with E-state index in [-0.39, 0.29) is 10.8 Å². The largest absolute Gasteiger partial charge is 0.451 e. The van der Waals surface area contributed by atoms with Crippen molar-refractivity contribution in [2.45, 2.75) is 16.4 Å². The van der Waals surface area contributed by atoms with Gasteiger partial charge in [-0.3, -0.25) is 0 Å². The maximum Gasteiger partial charge on any atom is 0.451 e. The number of rotatable bonds is 3. The minimum absolute atomic E-state index is 0.0835. The number of nitrogens with zero attached hydrogens (tertiary/aromatic N) is 3. The quantitative estimate of drug-likeness (QED) is 0.448. The Morgan fingerprint density at radius 3 is 2.67 bits per heavy atom. The van der Waals surface area contributed by atoms with Gasteiger partial charge >= 0.3 is 6.18 Å². The van der Waals surface area contributed by atoms with Gasteiger partial charge in [0.15, 0.2) is 5.16 Å². The Kier molecular flexibility index (Phi) is 3.39. The summed E-state index contributed by atoms with van der Waals surface area (Å²) >= 11 is 0.941. The van der Waals surface area contributed by atoms with Crippen LogP contribution in [0.25, 0.3) is 0 Å². The van der Waals surface area contributed by atoms with E-state index >= 15 is 0 Å². The predicted octanol–water partition coefficient (Wildman–Crippen LogP) is 1.66. The van der Waals surface area contributed by atoms with Crippen molar-refractivity contribution in [2.75, 3.05) is 5.43 Å². The lowest BCUT2D eigenvalue weighted by atomic mass is 10.5. The number of nitrogen functional groups attached to an aromatic ring is 1. The van der Waals surface area contributed by atoms with Crippen LogP contribution in [-0.4, -0.2) is 19.9 Å². The van der Waals surface area contributed by atoms with Crippen molar-refractivity contribution >= 4 is 17.6 Å². The Balaban J connectivity index is 2.35. The minimum atomic E-state index is -4.63. The van der Waals surface area contributed by atoms with Crippen LogP contribution in [0.1, 0.15) is 5.82 Å². The number of nitrogens with one attached hydrogen (secondary N) is 2. The zero-order valence-corrected chi connectivity index (χ0v) is 9.51. The molecule has 0 fully saturated rings. The highest BCUT2D eigenvalue weighted by molar-refractivity contribution is 7.99. The van der Waals surface area contributed by atoms with Crippen LogP contribution in [0, 0.1) is 0 Å². The first-order valence-corrected chi connectivity index (χ1v) is 5.41. The third kappa shape index (κ3) is 2.90. The highest BCUT2D eigenvalue weighted by Crippen LogP contribution is 2.30. The van der Waals surface area contributed by atoms with Crippen LogP contribution in [0.3, 0.4) is 0 Å². The molecule has 0 atom stereocenters. The molecule has 0 spiro atoms. The van der Waals surface area contributed by atoms with Crippen molar-refractivity contribution in [1.29, 1.82) is 0 Å². The number of hydrazine groups is 1. The SMILES string of the molecule is NNc1cc(Sc2ncc[nH]2)nc(C(F)(F)F)n1. The maximum atomic E-state index is 12.5. The summed E-state index contributed by atoms with van der Waals surface area (Å²) in [5.41, 5.74) is 2.06. The van der Waals surface area contributed by atoms with E-state index in [0.29, 0.717) is 5.16 Å². The molecule has 6 nitrogen and oxygen atoms in total. The normalized spacial score (nSPS) is 11.6. The van der Waals surface area contributed by atoms with Crippen LogP contribution in [0.4, 0.5) is 19.0 Å². The van der Waals surface area contributed by atoms with Gasteiger partial charge in [0.05, 0.1) is 0 Å². The highest BCUT2D eigenvalue weighted by atomic mass is 32.2. The lowest BCUT2D eigenvalue weighted by molar-refractivity contribution is -0.145. The van der Waals surface area contributed by atoms with E-state index in [4.69, 9.17) is 5.84 Å². The number of aromatic amines is 1. The van der Waals surface area contributed by atoms with Gasteiger partial charge in [0.2, 0.25) is 5.82 Å². The van der Waals surface area contributed by atoms with Gasteiger partial charge in [-0.2, -0.15) is 13.2 Å². The fourth-order valence-electron chi connectivity index (χ4n) is 1.08. The van der Waals surface area contributed by atoms with E-state index in [2.05, 4.69) is 25.4 Å². The number of hydrogen-bond acceptors (Lipinski definition) is 6. The Morgan fingerprint density at radius 1 is 1.33 bits per heavy atom. The van der Waals surface area contributed by atoms with E-state index in [1.807, 2.05) is 0 Å². The standard InChI is InChI=1S/C8H7F3N6S/c9-8(10,11)6-15-4(17-12)3-5(16-6)18-7-13-1-2-14-7/h1-3H,12H2,(H,13,14)(H,15,16,17). The second kappa shape index (κ2) is 4.82. The molecule has 2 aromatic rings. The molecule has 2 rings (SSSR count). The Hall–Kier alpha value is -1.81. The summed E-state index contributed by atoms with van der Waals surface area (Å²) in [6.07, 6.45) is -1.60. The molecule has 0 saturated heterocycles.